The van der Waals surface area contributed by atoms with Crippen molar-refractivity contribution in [3.63, 3.8) is 0 Å². The maximum absolute atomic E-state index is 6.07. The van der Waals surface area contributed by atoms with Crippen LogP contribution in [0, 0.1) is 0 Å². The van der Waals surface area contributed by atoms with Gasteiger partial charge in [-0.2, -0.15) is 0 Å². The molecule has 0 saturated carbocycles. The minimum atomic E-state index is 0.0129. The van der Waals surface area contributed by atoms with Crippen molar-refractivity contribution in [1.82, 2.24) is 9.97 Å². The fourth-order valence-electron chi connectivity index (χ4n) is 1.60. The zero-order chi connectivity index (χ0) is 12.4. The SMILES string of the molecule is Nc1sc(-c2cccnc2)nc1C1=CI=CC=C1. The van der Waals surface area contributed by atoms with Crippen LogP contribution in [0.4, 0.5) is 5.00 Å². The Morgan fingerprint density at radius 2 is 2.28 bits per heavy atom. The van der Waals surface area contributed by atoms with E-state index in [1.54, 1.807) is 6.20 Å². The lowest BCUT2D eigenvalue weighted by molar-refractivity contribution is 1.30. The number of nitrogens with zero attached hydrogens (tertiary/aromatic N) is 2. The molecule has 3 rings (SSSR count). The Kier molecular flexibility index (Phi) is 3.33. The highest BCUT2D eigenvalue weighted by Crippen LogP contribution is 2.35. The second-order valence-electron chi connectivity index (χ2n) is 3.65. The molecule has 2 aromatic rings. The number of hydrogen-bond donors (Lipinski definition) is 1. The van der Waals surface area contributed by atoms with E-state index in [9.17, 15) is 0 Å². The van der Waals surface area contributed by atoms with Crippen LogP contribution in [0.5, 0.6) is 0 Å². The second kappa shape index (κ2) is 5.11. The highest BCUT2D eigenvalue weighted by Gasteiger charge is 2.12. The van der Waals surface area contributed by atoms with E-state index in [0.29, 0.717) is 0 Å². The first kappa shape index (κ1) is 11.7. The van der Waals surface area contributed by atoms with Crippen LogP contribution in [0.1, 0.15) is 5.69 Å². The summed E-state index contributed by atoms with van der Waals surface area (Å²) in [4.78, 5) is 8.75. The van der Waals surface area contributed by atoms with E-state index in [2.05, 4.69) is 30.2 Å². The van der Waals surface area contributed by atoms with Gasteiger partial charge in [0.25, 0.3) is 0 Å². The Bertz CT molecular complexity index is 656. The Labute approximate surface area is 119 Å². The molecule has 0 bridgehead atoms. The van der Waals surface area contributed by atoms with Crippen LogP contribution in [0.3, 0.4) is 0 Å². The summed E-state index contributed by atoms with van der Waals surface area (Å²) in [5.41, 5.74) is 9.14. The lowest BCUT2D eigenvalue weighted by atomic mass is 10.2. The van der Waals surface area contributed by atoms with Crippen molar-refractivity contribution >= 4 is 46.7 Å². The summed E-state index contributed by atoms with van der Waals surface area (Å²) < 4.78 is 4.46. The van der Waals surface area contributed by atoms with Crippen LogP contribution in [-0.4, -0.2) is 14.0 Å². The summed E-state index contributed by atoms with van der Waals surface area (Å²) in [6.45, 7) is 0. The molecule has 3 heterocycles. The van der Waals surface area contributed by atoms with Crippen molar-refractivity contribution < 1.29 is 0 Å². The van der Waals surface area contributed by atoms with Gasteiger partial charge in [0.2, 0.25) is 0 Å². The summed E-state index contributed by atoms with van der Waals surface area (Å²) in [6.07, 6.45) is 7.73. The Hall–Kier alpha value is -1.34. The number of rotatable bonds is 2. The van der Waals surface area contributed by atoms with Gasteiger partial charge >= 0.3 is 0 Å². The molecule has 5 heteroatoms. The lowest BCUT2D eigenvalue weighted by Gasteiger charge is -2.00. The largest absolute Gasteiger partial charge is 0.389 e. The van der Waals surface area contributed by atoms with Crippen LogP contribution in [0.25, 0.3) is 16.1 Å². The van der Waals surface area contributed by atoms with E-state index in [0.717, 1.165) is 26.8 Å². The first-order valence-corrected chi connectivity index (χ1v) is 8.64. The van der Waals surface area contributed by atoms with Gasteiger partial charge < -0.3 is 5.73 Å². The zero-order valence-corrected chi connectivity index (χ0v) is 12.4. The Morgan fingerprint density at radius 1 is 1.33 bits per heavy atom. The lowest BCUT2D eigenvalue weighted by Crippen LogP contribution is -1.89. The number of anilines is 1. The third kappa shape index (κ3) is 2.28. The van der Waals surface area contributed by atoms with Crippen molar-refractivity contribution in [1.29, 1.82) is 0 Å². The van der Waals surface area contributed by atoms with Crippen LogP contribution in [0.2, 0.25) is 0 Å². The number of hydrogen-bond acceptors (Lipinski definition) is 4. The molecule has 0 spiro atoms. The summed E-state index contributed by atoms with van der Waals surface area (Å²) >= 11 is 1.53. The zero-order valence-electron chi connectivity index (χ0n) is 9.38. The maximum Gasteiger partial charge on any atom is 0.127 e. The molecule has 0 atom stereocenters. The van der Waals surface area contributed by atoms with E-state index < -0.39 is 0 Å². The number of allylic oxidation sites excluding steroid dienone is 3. The van der Waals surface area contributed by atoms with Crippen LogP contribution < -0.4 is 5.73 Å². The Balaban J connectivity index is 2.04. The molecule has 0 saturated heterocycles. The van der Waals surface area contributed by atoms with Crippen LogP contribution in [-0.2, 0) is 0 Å². The molecule has 0 amide bonds. The number of nitrogens with two attached hydrogens (primary N) is 1. The molecule has 2 aromatic heterocycles. The molecule has 1 aliphatic heterocycles. The van der Waals surface area contributed by atoms with Crippen LogP contribution >= 0.6 is 32.1 Å². The minimum Gasteiger partial charge on any atom is -0.389 e. The first-order chi connectivity index (χ1) is 8.84. The van der Waals surface area contributed by atoms with Gasteiger partial charge in [-0.3, -0.25) is 4.98 Å². The molecule has 18 heavy (non-hydrogen) atoms. The molecular weight excluding hydrogens is 357 g/mol. The molecule has 0 aromatic carbocycles. The predicted molar refractivity (Wildman–Crippen MR) is 87.0 cm³/mol. The fraction of sp³-hybridized carbons (Fsp3) is 0. The third-order valence-corrected chi connectivity index (χ3v) is 5.23. The molecule has 0 aliphatic carbocycles. The molecular formula is C13H10IN3S. The van der Waals surface area contributed by atoms with Gasteiger partial charge in [0.05, 0.1) is 0 Å². The number of pyridine rings is 1. The standard InChI is InChI=1S/C13H10IN3S/c15-12-11(9-3-1-5-14-7-9)17-13(18-12)10-4-2-6-16-8-10/h1-8H,15H2. The van der Waals surface area contributed by atoms with Gasteiger partial charge in [-0.05, 0) is 20.2 Å². The smallest absolute Gasteiger partial charge is 0.127 e. The average molecular weight is 367 g/mol. The topological polar surface area (TPSA) is 51.8 Å². The van der Waals surface area contributed by atoms with Crippen molar-refractivity contribution in [2.45, 2.75) is 0 Å². The normalized spacial score (nSPS) is 14.1. The average Bonchev–Trinajstić information content (AvgIpc) is 2.83. The number of aromatic nitrogens is 2. The summed E-state index contributed by atoms with van der Waals surface area (Å²) in [6, 6.07) is 3.91. The highest BCUT2D eigenvalue weighted by atomic mass is 127. The third-order valence-electron chi connectivity index (χ3n) is 2.44. The number of halogens is 1. The Morgan fingerprint density at radius 3 is 3.00 bits per heavy atom. The van der Waals surface area contributed by atoms with Crippen LogP contribution in [0.15, 0.2) is 40.8 Å². The van der Waals surface area contributed by atoms with Gasteiger partial charge in [-0.15, -0.1) is 0 Å². The molecule has 2 N–H and O–H groups in total. The van der Waals surface area contributed by atoms with Crippen molar-refractivity contribution in [2.24, 2.45) is 0 Å². The highest BCUT2D eigenvalue weighted by molar-refractivity contribution is 14.2. The van der Waals surface area contributed by atoms with Crippen molar-refractivity contribution in [3.05, 3.63) is 46.5 Å². The van der Waals surface area contributed by atoms with Gasteiger partial charge in [0.1, 0.15) is 15.7 Å². The van der Waals surface area contributed by atoms with Gasteiger partial charge in [-0.1, -0.05) is 44.2 Å². The van der Waals surface area contributed by atoms with Gasteiger partial charge in [-0.25, -0.2) is 4.98 Å². The predicted octanol–water partition coefficient (Wildman–Crippen LogP) is 3.47. The molecule has 3 nitrogen and oxygen atoms in total. The van der Waals surface area contributed by atoms with E-state index in [4.69, 9.17) is 5.73 Å². The van der Waals surface area contributed by atoms with E-state index in [1.165, 1.54) is 11.3 Å². The molecule has 0 fully saturated rings. The van der Waals surface area contributed by atoms with E-state index >= 15 is 0 Å². The molecule has 0 radical (unpaired) electrons. The number of nitrogen functional groups attached to an aromatic ring is 1. The number of thiazole rings is 1. The molecule has 90 valence electrons. The first-order valence-electron chi connectivity index (χ1n) is 5.34. The fourth-order valence-corrected chi connectivity index (χ4v) is 3.99. The van der Waals surface area contributed by atoms with Gasteiger partial charge in [0.15, 0.2) is 0 Å². The van der Waals surface area contributed by atoms with E-state index in [1.807, 2.05) is 18.3 Å². The van der Waals surface area contributed by atoms with E-state index in [-0.39, 0.29) is 20.7 Å². The summed E-state index contributed by atoms with van der Waals surface area (Å²) in [7, 11) is 0. The minimum absolute atomic E-state index is 0.0129. The van der Waals surface area contributed by atoms with Crippen molar-refractivity contribution in [2.75, 3.05) is 5.73 Å². The summed E-state index contributed by atoms with van der Waals surface area (Å²) in [5, 5.41) is 1.70. The van der Waals surface area contributed by atoms with Gasteiger partial charge in [0, 0.05) is 23.5 Å². The maximum atomic E-state index is 6.07. The van der Waals surface area contributed by atoms with Crippen molar-refractivity contribution in [3.8, 4) is 10.6 Å². The monoisotopic (exact) mass is 367 g/mol. The second-order valence-corrected chi connectivity index (χ2v) is 6.74. The summed E-state index contributed by atoms with van der Waals surface area (Å²) in [5.74, 6) is 0. The molecule has 0 unspecified atom stereocenters. The quantitative estimate of drug-likeness (QED) is 0.827. The molecule has 1 aliphatic rings.